The summed E-state index contributed by atoms with van der Waals surface area (Å²) in [6, 6.07) is 5.24. The number of nitrogens with one attached hydrogen (secondary N) is 1. The van der Waals surface area contributed by atoms with Gasteiger partial charge in [-0.15, -0.1) is 10.2 Å². The van der Waals surface area contributed by atoms with Crippen molar-refractivity contribution in [3.8, 4) is 17.1 Å². The van der Waals surface area contributed by atoms with Crippen LogP contribution in [-0.4, -0.2) is 46.4 Å². The molecule has 0 unspecified atom stereocenters. The minimum Gasteiger partial charge on any atom is -0.497 e. The Morgan fingerprint density at radius 2 is 2.06 bits per heavy atom. The fourth-order valence-electron chi connectivity index (χ4n) is 3.95. The second-order valence-corrected chi connectivity index (χ2v) is 9.16. The SMILES string of the molecule is CCCCCn1c2nc(Br)[nH]c2c(=O)n2c(CCc3nc(-c4ccc(OC)cc4Cl)no3)nnc12. The van der Waals surface area contributed by atoms with Gasteiger partial charge in [-0.25, -0.2) is 9.38 Å². The molecule has 4 heterocycles. The lowest BCUT2D eigenvalue weighted by Gasteiger charge is -2.09. The highest BCUT2D eigenvalue weighted by atomic mass is 79.9. The molecule has 5 aromatic rings. The molecule has 1 aromatic carbocycles. The van der Waals surface area contributed by atoms with E-state index in [1.165, 1.54) is 4.40 Å². The van der Waals surface area contributed by atoms with Crippen LogP contribution in [0.1, 0.15) is 37.9 Å². The van der Waals surface area contributed by atoms with Gasteiger partial charge in [-0.2, -0.15) is 4.98 Å². The van der Waals surface area contributed by atoms with Crippen molar-refractivity contribution in [3.63, 3.8) is 0 Å². The van der Waals surface area contributed by atoms with E-state index in [1.807, 2.05) is 4.57 Å². The molecule has 13 heteroatoms. The summed E-state index contributed by atoms with van der Waals surface area (Å²) < 4.78 is 14.5. The maximum absolute atomic E-state index is 13.3. The predicted octanol–water partition coefficient (Wildman–Crippen LogP) is 4.22. The van der Waals surface area contributed by atoms with Gasteiger partial charge >= 0.3 is 0 Å². The average Bonchev–Trinajstić information content (AvgIpc) is 3.58. The molecule has 0 atom stereocenters. The molecular weight excluding hydrogens is 540 g/mol. The van der Waals surface area contributed by atoms with Gasteiger partial charge in [-0.3, -0.25) is 9.36 Å². The van der Waals surface area contributed by atoms with Crippen molar-refractivity contribution in [1.82, 2.24) is 39.3 Å². The predicted molar refractivity (Wildman–Crippen MR) is 133 cm³/mol. The summed E-state index contributed by atoms with van der Waals surface area (Å²) in [5.74, 6) is 2.38. The summed E-state index contributed by atoms with van der Waals surface area (Å²) in [6.45, 7) is 2.82. The first-order valence-electron chi connectivity index (χ1n) is 11.2. The van der Waals surface area contributed by atoms with Gasteiger partial charge in [0.05, 0.1) is 12.1 Å². The lowest BCUT2D eigenvalue weighted by atomic mass is 10.2. The zero-order chi connectivity index (χ0) is 24.5. The second-order valence-electron chi connectivity index (χ2n) is 8.00. The zero-order valence-corrected chi connectivity index (χ0v) is 21.4. The molecule has 0 radical (unpaired) electrons. The third kappa shape index (κ3) is 4.43. The van der Waals surface area contributed by atoms with Crippen molar-refractivity contribution in [2.24, 2.45) is 0 Å². The minimum absolute atomic E-state index is 0.254. The van der Waals surface area contributed by atoms with Crippen molar-refractivity contribution in [2.45, 2.75) is 45.6 Å². The Kier molecular flexibility index (Phi) is 6.56. The van der Waals surface area contributed by atoms with Gasteiger partial charge in [0.1, 0.15) is 11.6 Å². The Morgan fingerprint density at radius 1 is 1.20 bits per heavy atom. The molecule has 0 saturated carbocycles. The zero-order valence-electron chi connectivity index (χ0n) is 19.1. The number of ether oxygens (including phenoxy) is 1. The van der Waals surface area contributed by atoms with E-state index in [0.717, 1.165) is 19.3 Å². The molecule has 0 spiro atoms. The summed E-state index contributed by atoms with van der Waals surface area (Å²) >= 11 is 9.67. The first-order chi connectivity index (χ1) is 17.0. The summed E-state index contributed by atoms with van der Waals surface area (Å²) in [4.78, 5) is 25.2. The molecule has 0 aliphatic rings. The van der Waals surface area contributed by atoms with Crippen molar-refractivity contribution < 1.29 is 9.26 Å². The molecular formula is C22H22BrClN8O3. The fraction of sp³-hybridized carbons (Fsp3) is 0.364. The molecule has 0 saturated heterocycles. The number of H-pyrrole nitrogens is 1. The third-order valence-corrected chi connectivity index (χ3v) is 6.40. The lowest BCUT2D eigenvalue weighted by Crippen LogP contribution is -2.21. The molecule has 1 N–H and O–H groups in total. The number of halogens is 2. The summed E-state index contributed by atoms with van der Waals surface area (Å²) in [7, 11) is 1.57. The van der Waals surface area contributed by atoms with Gasteiger partial charge in [0.15, 0.2) is 15.9 Å². The summed E-state index contributed by atoms with van der Waals surface area (Å²) in [5, 5.41) is 13.1. The van der Waals surface area contributed by atoms with E-state index in [1.54, 1.807) is 25.3 Å². The molecule has 0 amide bonds. The molecule has 0 aliphatic heterocycles. The Bertz CT molecular complexity index is 1570. The van der Waals surface area contributed by atoms with Crippen molar-refractivity contribution in [2.75, 3.05) is 7.11 Å². The topological polar surface area (TPSA) is 129 Å². The standard InChI is InChI=1S/C22H22BrClN8O3/c1-3-4-5-10-31-19-17(26-21(23)27-19)20(33)32-15(28-29-22(31)32)8-9-16-25-18(30-35-16)13-7-6-12(34-2)11-14(13)24/h6-7,11H,3-5,8-10H2,1-2H3,(H,26,27). The Balaban J connectivity index is 1.44. The van der Waals surface area contributed by atoms with E-state index in [0.29, 0.717) is 74.9 Å². The van der Waals surface area contributed by atoms with E-state index in [4.69, 9.17) is 20.9 Å². The summed E-state index contributed by atoms with van der Waals surface area (Å²) in [5.41, 5.74) is 1.34. The Hall–Kier alpha value is -3.25. The number of imidazole rings is 1. The number of nitrogens with zero attached hydrogens (tertiary/aromatic N) is 7. The lowest BCUT2D eigenvalue weighted by molar-refractivity contribution is 0.378. The summed E-state index contributed by atoms with van der Waals surface area (Å²) in [6.07, 6.45) is 3.83. The van der Waals surface area contributed by atoms with E-state index < -0.39 is 0 Å². The fourth-order valence-corrected chi connectivity index (χ4v) is 4.57. The van der Waals surface area contributed by atoms with Gasteiger partial charge < -0.3 is 14.2 Å². The number of hydrogen-bond acceptors (Lipinski definition) is 8. The highest BCUT2D eigenvalue weighted by molar-refractivity contribution is 9.10. The first-order valence-corrected chi connectivity index (χ1v) is 12.4. The van der Waals surface area contributed by atoms with Crippen LogP contribution in [0.15, 0.2) is 32.3 Å². The van der Waals surface area contributed by atoms with Crippen LogP contribution < -0.4 is 10.3 Å². The number of benzene rings is 1. The molecule has 5 rings (SSSR count). The number of aryl methyl sites for hydroxylation is 3. The number of aromatic nitrogens is 8. The molecule has 0 aliphatic carbocycles. The number of aromatic amines is 1. The van der Waals surface area contributed by atoms with E-state index in [2.05, 4.69) is 53.2 Å². The van der Waals surface area contributed by atoms with Gasteiger partial charge in [-0.05, 0) is 40.5 Å². The molecule has 0 bridgehead atoms. The number of unbranched alkanes of at least 4 members (excludes halogenated alkanes) is 2. The van der Waals surface area contributed by atoms with Crippen LogP contribution >= 0.6 is 27.5 Å². The smallest absolute Gasteiger partial charge is 0.286 e. The highest BCUT2D eigenvalue weighted by Crippen LogP contribution is 2.29. The number of hydrogen-bond donors (Lipinski definition) is 1. The Morgan fingerprint density at radius 3 is 2.83 bits per heavy atom. The third-order valence-electron chi connectivity index (χ3n) is 5.72. The van der Waals surface area contributed by atoms with Crippen LogP contribution in [0, 0.1) is 0 Å². The van der Waals surface area contributed by atoms with Gasteiger partial charge in [0.2, 0.25) is 17.5 Å². The largest absolute Gasteiger partial charge is 0.497 e. The monoisotopic (exact) mass is 560 g/mol. The Labute approximate surface area is 212 Å². The maximum Gasteiger partial charge on any atom is 0.286 e. The minimum atomic E-state index is -0.254. The van der Waals surface area contributed by atoms with Crippen LogP contribution in [0.5, 0.6) is 5.75 Å². The number of fused-ring (bicyclic) bond motifs is 2. The maximum atomic E-state index is 13.3. The van der Waals surface area contributed by atoms with Crippen LogP contribution in [0.4, 0.5) is 0 Å². The van der Waals surface area contributed by atoms with Gasteiger partial charge in [-0.1, -0.05) is 36.5 Å². The molecule has 11 nitrogen and oxygen atoms in total. The second kappa shape index (κ2) is 9.78. The molecule has 182 valence electrons. The van der Waals surface area contributed by atoms with Crippen LogP contribution in [0.3, 0.4) is 0 Å². The quantitative estimate of drug-likeness (QED) is 0.209. The van der Waals surface area contributed by atoms with Gasteiger partial charge in [0, 0.05) is 24.9 Å². The van der Waals surface area contributed by atoms with Crippen molar-refractivity contribution >= 4 is 44.5 Å². The van der Waals surface area contributed by atoms with E-state index in [9.17, 15) is 4.79 Å². The van der Waals surface area contributed by atoms with E-state index in [-0.39, 0.29) is 5.56 Å². The molecule has 0 fully saturated rings. The molecule has 4 aromatic heterocycles. The first kappa shape index (κ1) is 23.5. The van der Waals surface area contributed by atoms with Crippen LogP contribution in [0.25, 0.3) is 28.3 Å². The van der Waals surface area contributed by atoms with Crippen molar-refractivity contribution in [1.29, 1.82) is 0 Å². The van der Waals surface area contributed by atoms with Crippen LogP contribution in [0.2, 0.25) is 5.02 Å². The number of methoxy groups -OCH3 is 1. The average molecular weight is 562 g/mol. The molecule has 35 heavy (non-hydrogen) atoms. The van der Waals surface area contributed by atoms with Crippen LogP contribution in [-0.2, 0) is 19.4 Å². The number of rotatable bonds is 9. The normalized spacial score (nSPS) is 11.7. The highest BCUT2D eigenvalue weighted by Gasteiger charge is 2.20. The van der Waals surface area contributed by atoms with Crippen molar-refractivity contribution in [3.05, 3.63) is 50.0 Å². The van der Waals surface area contributed by atoms with Gasteiger partial charge in [0.25, 0.3) is 5.56 Å². The van der Waals surface area contributed by atoms with E-state index >= 15 is 0 Å².